The van der Waals surface area contributed by atoms with Crippen molar-refractivity contribution < 1.29 is 0 Å². The van der Waals surface area contributed by atoms with E-state index in [0.29, 0.717) is 6.04 Å². The highest BCUT2D eigenvalue weighted by Gasteiger charge is 2.33. The molecule has 2 aliphatic carbocycles. The van der Waals surface area contributed by atoms with E-state index in [-0.39, 0.29) is 0 Å². The molecule has 1 aromatic carbocycles. The molecule has 0 aliphatic heterocycles. The summed E-state index contributed by atoms with van der Waals surface area (Å²) in [5, 5.41) is 3.75. The van der Waals surface area contributed by atoms with Crippen LogP contribution in [0.3, 0.4) is 0 Å². The molecule has 0 aromatic heterocycles. The van der Waals surface area contributed by atoms with Gasteiger partial charge in [-0.15, -0.1) is 0 Å². The Balaban J connectivity index is 1.67. The molecule has 1 N–H and O–H groups in total. The largest absolute Gasteiger partial charge is 0.314 e. The lowest BCUT2D eigenvalue weighted by atomic mass is 9.71. The fourth-order valence-electron chi connectivity index (χ4n) is 3.91. The third kappa shape index (κ3) is 2.33. The molecule has 0 spiro atoms. The molecule has 1 heteroatoms. The molecule has 1 fully saturated rings. The molecule has 1 nitrogen and oxygen atoms in total. The van der Waals surface area contributed by atoms with Gasteiger partial charge in [-0.1, -0.05) is 56.9 Å². The van der Waals surface area contributed by atoms with Gasteiger partial charge in [0.1, 0.15) is 0 Å². The van der Waals surface area contributed by atoms with Crippen molar-refractivity contribution in [3.8, 4) is 0 Å². The minimum Gasteiger partial charge on any atom is -0.314 e. The zero-order valence-electron chi connectivity index (χ0n) is 11.5. The van der Waals surface area contributed by atoms with Gasteiger partial charge >= 0.3 is 0 Å². The summed E-state index contributed by atoms with van der Waals surface area (Å²) in [4.78, 5) is 0. The van der Waals surface area contributed by atoms with Crippen molar-refractivity contribution in [2.24, 2.45) is 5.92 Å². The van der Waals surface area contributed by atoms with Crippen LogP contribution in [-0.4, -0.2) is 12.6 Å². The highest BCUT2D eigenvalue weighted by molar-refractivity contribution is 5.41. The van der Waals surface area contributed by atoms with E-state index in [1.54, 1.807) is 11.1 Å². The zero-order chi connectivity index (χ0) is 12.4. The quantitative estimate of drug-likeness (QED) is 0.827. The van der Waals surface area contributed by atoms with Crippen LogP contribution in [0.5, 0.6) is 0 Å². The Kier molecular flexibility index (Phi) is 3.69. The number of nitrogens with one attached hydrogen (secondary N) is 1. The summed E-state index contributed by atoms with van der Waals surface area (Å²) in [7, 11) is 0. The second-order valence-corrected chi connectivity index (χ2v) is 6.06. The average Bonchev–Trinajstić information content (AvgIpc) is 2.84. The summed E-state index contributed by atoms with van der Waals surface area (Å²) in [6.07, 6.45) is 8.55. The molecule has 0 radical (unpaired) electrons. The van der Waals surface area contributed by atoms with Gasteiger partial charge in [-0.25, -0.2) is 0 Å². The van der Waals surface area contributed by atoms with Gasteiger partial charge in [0.25, 0.3) is 0 Å². The molecule has 0 amide bonds. The van der Waals surface area contributed by atoms with Crippen molar-refractivity contribution in [1.82, 2.24) is 5.32 Å². The second kappa shape index (κ2) is 5.44. The normalized spacial score (nSPS) is 24.6. The van der Waals surface area contributed by atoms with E-state index in [1.165, 1.54) is 38.5 Å². The standard InChI is InChI=1S/C17H25N/c1-2-18-17(11-13-7-3-4-8-13)16-12-14-9-5-6-10-15(14)16/h5-6,9-10,13,16-18H,2-4,7-8,11-12H2,1H3. The zero-order valence-corrected chi connectivity index (χ0v) is 11.5. The van der Waals surface area contributed by atoms with Crippen LogP contribution in [0.4, 0.5) is 0 Å². The molecule has 3 rings (SSSR count). The van der Waals surface area contributed by atoms with E-state index in [1.807, 2.05) is 0 Å². The van der Waals surface area contributed by atoms with Crippen molar-refractivity contribution >= 4 is 0 Å². The van der Waals surface area contributed by atoms with Crippen LogP contribution in [0.1, 0.15) is 56.1 Å². The third-order valence-electron chi connectivity index (χ3n) is 4.91. The number of hydrogen-bond acceptors (Lipinski definition) is 1. The van der Waals surface area contributed by atoms with Crippen LogP contribution in [0.25, 0.3) is 0 Å². The molecule has 98 valence electrons. The van der Waals surface area contributed by atoms with E-state index < -0.39 is 0 Å². The lowest BCUT2D eigenvalue weighted by molar-refractivity contribution is 0.328. The Hall–Kier alpha value is -0.820. The van der Waals surface area contributed by atoms with Gasteiger partial charge in [-0.2, -0.15) is 0 Å². The SMILES string of the molecule is CCNC(CC1CCCC1)C1Cc2ccccc21. The Morgan fingerprint density at radius 2 is 2.00 bits per heavy atom. The number of benzene rings is 1. The van der Waals surface area contributed by atoms with Crippen LogP contribution in [0, 0.1) is 5.92 Å². The van der Waals surface area contributed by atoms with Gasteiger partial charge in [0.05, 0.1) is 0 Å². The van der Waals surface area contributed by atoms with E-state index in [4.69, 9.17) is 0 Å². The summed E-state index contributed by atoms with van der Waals surface area (Å²) in [5.41, 5.74) is 3.19. The van der Waals surface area contributed by atoms with E-state index in [2.05, 4.69) is 36.5 Å². The van der Waals surface area contributed by atoms with Crippen molar-refractivity contribution in [1.29, 1.82) is 0 Å². The first-order valence-corrected chi connectivity index (χ1v) is 7.69. The Morgan fingerprint density at radius 3 is 2.72 bits per heavy atom. The van der Waals surface area contributed by atoms with Gasteiger partial charge in [-0.05, 0) is 36.4 Å². The van der Waals surface area contributed by atoms with E-state index in [0.717, 1.165) is 18.4 Å². The summed E-state index contributed by atoms with van der Waals surface area (Å²) in [5.74, 6) is 1.77. The van der Waals surface area contributed by atoms with E-state index in [9.17, 15) is 0 Å². The fraction of sp³-hybridized carbons (Fsp3) is 0.647. The molecule has 0 bridgehead atoms. The molecule has 1 saturated carbocycles. The van der Waals surface area contributed by atoms with Gasteiger partial charge in [0.2, 0.25) is 0 Å². The Bertz CT molecular complexity index is 392. The molecular formula is C17H25N. The highest BCUT2D eigenvalue weighted by Crippen LogP contribution is 2.40. The molecule has 0 saturated heterocycles. The predicted octanol–water partition coefficient (Wildman–Crippen LogP) is 3.88. The molecular weight excluding hydrogens is 218 g/mol. The lowest BCUT2D eigenvalue weighted by Crippen LogP contribution is -2.41. The number of rotatable bonds is 5. The van der Waals surface area contributed by atoms with Crippen LogP contribution in [0.15, 0.2) is 24.3 Å². The first kappa shape index (κ1) is 12.2. The molecule has 2 aliphatic rings. The van der Waals surface area contributed by atoms with Gasteiger partial charge < -0.3 is 5.32 Å². The Morgan fingerprint density at radius 1 is 1.22 bits per heavy atom. The Labute approximate surface area is 111 Å². The molecule has 18 heavy (non-hydrogen) atoms. The molecule has 1 aromatic rings. The van der Waals surface area contributed by atoms with Gasteiger partial charge in [0, 0.05) is 12.0 Å². The smallest absolute Gasteiger partial charge is 0.0142 e. The summed E-state index contributed by atoms with van der Waals surface area (Å²) < 4.78 is 0. The first-order valence-electron chi connectivity index (χ1n) is 7.69. The number of fused-ring (bicyclic) bond motifs is 1. The van der Waals surface area contributed by atoms with Crippen molar-refractivity contribution in [3.05, 3.63) is 35.4 Å². The third-order valence-corrected chi connectivity index (χ3v) is 4.91. The van der Waals surface area contributed by atoms with Crippen molar-refractivity contribution in [2.45, 2.75) is 57.4 Å². The van der Waals surface area contributed by atoms with Crippen LogP contribution >= 0.6 is 0 Å². The topological polar surface area (TPSA) is 12.0 Å². The maximum atomic E-state index is 3.75. The average molecular weight is 243 g/mol. The van der Waals surface area contributed by atoms with Crippen molar-refractivity contribution in [3.63, 3.8) is 0 Å². The highest BCUT2D eigenvalue weighted by atomic mass is 14.9. The minimum absolute atomic E-state index is 0.716. The summed E-state index contributed by atoms with van der Waals surface area (Å²) in [6.45, 7) is 3.35. The van der Waals surface area contributed by atoms with Crippen molar-refractivity contribution in [2.75, 3.05) is 6.54 Å². The predicted molar refractivity (Wildman–Crippen MR) is 76.9 cm³/mol. The number of hydrogen-bond donors (Lipinski definition) is 1. The van der Waals surface area contributed by atoms with E-state index >= 15 is 0 Å². The molecule has 0 heterocycles. The monoisotopic (exact) mass is 243 g/mol. The summed E-state index contributed by atoms with van der Waals surface area (Å²) >= 11 is 0. The lowest BCUT2D eigenvalue weighted by Gasteiger charge is -2.38. The first-order chi connectivity index (χ1) is 8.88. The van der Waals surface area contributed by atoms with Gasteiger partial charge in [0.15, 0.2) is 0 Å². The molecule has 2 unspecified atom stereocenters. The maximum Gasteiger partial charge on any atom is 0.0142 e. The maximum absolute atomic E-state index is 3.75. The fourth-order valence-corrected chi connectivity index (χ4v) is 3.91. The summed E-state index contributed by atoms with van der Waals surface area (Å²) in [6, 6.07) is 9.72. The van der Waals surface area contributed by atoms with Crippen LogP contribution < -0.4 is 5.32 Å². The van der Waals surface area contributed by atoms with Gasteiger partial charge in [-0.3, -0.25) is 0 Å². The molecule has 2 atom stereocenters. The number of likely N-dealkylation sites (N-methyl/N-ethyl adjacent to an activating group) is 1. The minimum atomic E-state index is 0.716. The van der Waals surface area contributed by atoms with Crippen LogP contribution in [-0.2, 0) is 6.42 Å². The van der Waals surface area contributed by atoms with Crippen LogP contribution in [0.2, 0.25) is 0 Å². The second-order valence-electron chi connectivity index (χ2n) is 6.06.